The maximum atomic E-state index is 12.2. The van der Waals surface area contributed by atoms with E-state index in [1.54, 1.807) is 31.5 Å². The van der Waals surface area contributed by atoms with Crippen LogP contribution >= 0.6 is 15.9 Å². The fraction of sp³-hybridized carbons (Fsp3) is 0.111. The number of ether oxygens (including phenoxy) is 1. The number of para-hydroxylation sites is 1. The topological polar surface area (TPSA) is 66.5 Å². The summed E-state index contributed by atoms with van der Waals surface area (Å²) in [5.41, 5.74) is 6.05. The number of nitrogens with one attached hydrogen (secondary N) is 2. The van der Waals surface area contributed by atoms with Gasteiger partial charge in [0.05, 0.1) is 17.8 Å². The molecule has 0 aliphatic carbocycles. The van der Waals surface area contributed by atoms with Crippen LogP contribution in [0.15, 0.2) is 52.0 Å². The van der Waals surface area contributed by atoms with Crippen molar-refractivity contribution < 1.29 is 9.53 Å². The van der Waals surface area contributed by atoms with Crippen LogP contribution < -0.4 is 10.2 Å². The van der Waals surface area contributed by atoms with Gasteiger partial charge in [0.25, 0.3) is 5.91 Å². The molecule has 0 bridgehead atoms. The number of fused-ring (bicyclic) bond motifs is 1. The van der Waals surface area contributed by atoms with E-state index in [4.69, 9.17) is 4.74 Å². The lowest BCUT2D eigenvalue weighted by molar-refractivity contribution is 0.0955. The molecular formula is C18H16BrN3O2. The Balaban J connectivity index is 1.77. The summed E-state index contributed by atoms with van der Waals surface area (Å²) in [5, 5.41) is 5.15. The maximum Gasteiger partial charge on any atom is 0.271 e. The molecule has 1 aromatic heterocycles. The van der Waals surface area contributed by atoms with E-state index in [2.05, 4.69) is 31.4 Å². The normalized spacial score (nSPS) is 11.1. The molecule has 0 aliphatic rings. The first-order chi connectivity index (χ1) is 11.6. The zero-order chi connectivity index (χ0) is 17.1. The van der Waals surface area contributed by atoms with Gasteiger partial charge in [0.15, 0.2) is 0 Å². The molecule has 0 saturated heterocycles. The van der Waals surface area contributed by atoms with Crippen LogP contribution in [0.25, 0.3) is 10.9 Å². The largest absolute Gasteiger partial charge is 0.496 e. The van der Waals surface area contributed by atoms with E-state index in [9.17, 15) is 4.79 Å². The number of carbonyl (C=O) groups is 1. The summed E-state index contributed by atoms with van der Waals surface area (Å²) in [6.07, 6.45) is 1.66. The number of carbonyl (C=O) groups excluding carboxylic acids is 1. The summed E-state index contributed by atoms with van der Waals surface area (Å²) < 4.78 is 5.87. The van der Waals surface area contributed by atoms with Gasteiger partial charge in [0, 0.05) is 27.7 Å². The Morgan fingerprint density at radius 2 is 2.08 bits per heavy atom. The first-order valence-corrected chi connectivity index (χ1v) is 8.13. The van der Waals surface area contributed by atoms with E-state index >= 15 is 0 Å². The number of hydrogen-bond acceptors (Lipinski definition) is 3. The summed E-state index contributed by atoms with van der Waals surface area (Å²) in [7, 11) is 1.58. The Hall–Kier alpha value is -2.60. The van der Waals surface area contributed by atoms with E-state index in [1.807, 2.05) is 31.2 Å². The molecule has 1 amide bonds. The van der Waals surface area contributed by atoms with E-state index < -0.39 is 0 Å². The molecule has 0 unspecified atom stereocenters. The number of hydrazone groups is 1. The highest BCUT2D eigenvalue weighted by molar-refractivity contribution is 9.10. The fourth-order valence-corrected chi connectivity index (χ4v) is 3.03. The molecule has 2 N–H and O–H groups in total. The number of halogens is 1. The molecule has 3 aromatic rings. The van der Waals surface area contributed by atoms with Gasteiger partial charge in [0.1, 0.15) is 5.75 Å². The van der Waals surface area contributed by atoms with Crippen LogP contribution in [0.1, 0.15) is 21.6 Å². The maximum absolute atomic E-state index is 12.2. The Labute approximate surface area is 147 Å². The van der Waals surface area contributed by atoms with Gasteiger partial charge in [0.2, 0.25) is 0 Å². The number of nitrogens with zero attached hydrogens (tertiary/aromatic N) is 1. The number of aryl methyl sites for hydroxylation is 1. The molecule has 6 heteroatoms. The van der Waals surface area contributed by atoms with Gasteiger partial charge in [-0.25, -0.2) is 5.43 Å². The van der Waals surface area contributed by atoms with Crippen molar-refractivity contribution in [2.45, 2.75) is 6.92 Å². The molecule has 0 atom stereocenters. The van der Waals surface area contributed by atoms with Crippen LogP contribution in [0.3, 0.4) is 0 Å². The van der Waals surface area contributed by atoms with Crippen molar-refractivity contribution in [3.05, 3.63) is 63.8 Å². The van der Waals surface area contributed by atoms with Crippen LogP contribution in [0, 0.1) is 6.92 Å². The molecule has 3 rings (SSSR count). The number of rotatable bonds is 4. The molecule has 122 valence electrons. The Morgan fingerprint density at radius 1 is 1.29 bits per heavy atom. The predicted octanol–water partition coefficient (Wildman–Crippen LogP) is 4.01. The van der Waals surface area contributed by atoms with Gasteiger partial charge >= 0.3 is 0 Å². The van der Waals surface area contributed by atoms with Gasteiger partial charge in [-0.05, 0) is 47.1 Å². The SMILES string of the molecule is COc1ccc(C(=O)NN=Cc2c(C)[nH]c3ccccc23)cc1Br. The minimum absolute atomic E-state index is 0.285. The van der Waals surface area contributed by atoms with Crippen molar-refractivity contribution in [3.63, 3.8) is 0 Å². The lowest BCUT2D eigenvalue weighted by Crippen LogP contribution is -2.17. The molecule has 0 spiro atoms. The summed E-state index contributed by atoms with van der Waals surface area (Å²) in [6.45, 7) is 1.98. The predicted molar refractivity (Wildman–Crippen MR) is 98.8 cm³/mol. The standard InChI is InChI=1S/C18H16BrN3O2/c1-11-14(13-5-3-4-6-16(13)21-11)10-20-22-18(23)12-7-8-17(24-2)15(19)9-12/h3-10,21H,1-2H3,(H,22,23). The number of methoxy groups -OCH3 is 1. The molecule has 0 saturated carbocycles. The quantitative estimate of drug-likeness (QED) is 0.526. The number of hydrogen-bond donors (Lipinski definition) is 2. The van der Waals surface area contributed by atoms with Crippen molar-refractivity contribution in [1.29, 1.82) is 0 Å². The molecule has 0 radical (unpaired) electrons. The second-order valence-electron chi connectivity index (χ2n) is 5.26. The second-order valence-corrected chi connectivity index (χ2v) is 6.11. The lowest BCUT2D eigenvalue weighted by Gasteiger charge is -2.05. The van der Waals surface area contributed by atoms with Crippen molar-refractivity contribution in [2.24, 2.45) is 5.10 Å². The zero-order valence-corrected chi connectivity index (χ0v) is 14.8. The van der Waals surface area contributed by atoms with Crippen LogP contribution in [-0.2, 0) is 0 Å². The third-order valence-electron chi connectivity index (χ3n) is 3.72. The van der Waals surface area contributed by atoms with Crippen molar-refractivity contribution >= 4 is 39.0 Å². The van der Waals surface area contributed by atoms with Crippen LogP contribution in [0.5, 0.6) is 5.75 Å². The Bertz CT molecular complexity index is 931. The van der Waals surface area contributed by atoms with E-state index in [0.29, 0.717) is 15.8 Å². The number of amides is 1. The van der Waals surface area contributed by atoms with Gasteiger partial charge in [-0.3, -0.25) is 4.79 Å². The minimum Gasteiger partial charge on any atom is -0.496 e. The van der Waals surface area contributed by atoms with E-state index in [-0.39, 0.29) is 5.91 Å². The third-order valence-corrected chi connectivity index (χ3v) is 4.34. The number of benzene rings is 2. The highest BCUT2D eigenvalue weighted by Crippen LogP contribution is 2.25. The molecule has 0 aliphatic heterocycles. The average molecular weight is 386 g/mol. The van der Waals surface area contributed by atoms with Gasteiger partial charge in [-0.15, -0.1) is 0 Å². The number of H-pyrrole nitrogens is 1. The third kappa shape index (κ3) is 3.19. The molecule has 1 heterocycles. The second kappa shape index (κ2) is 6.88. The van der Waals surface area contributed by atoms with Crippen LogP contribution in [0.2, 0.25) is 0 Å². The monoisotopic (exact) mass is 385 g/mol. The summed E-state index contributed by atoms with van der Waals surface area (Å²) >= 11 is 3.36. The van der Waals surface area contributed by atoms with E-state index in [0.717, 1.165) is 22.2 Å². The molecule has 5 nitrogen and oxygen atoms in total. The van der Waals surface area contributed by atoms with E-state index in [1.165, 1.54) is 0 Å². The van der Waals surface area contributed by atoms with Gasteiger partial charge in [-0.1, -0.05) is 18.2 Å². The molecular weight excluding hydrogens is 370 g/mol. The molecule has 2 aromatic carbocycles. The van der Waals surface area contributed by atoms with Gasteiger partial charge < -0.3 is 9.72 Å². The average Bonchev–Trinajstić information content (AvgIpc) is 2.90. The highest BCUT2D eigenvalue weighted by atomic mass is 79.9. The smallest absolute Gasteiger partial charge is 0.271 e. The minimum atomic E-state index is -0.285. The molecule has 24 heavy (non-hydrogen) atoms. The first kappa shape index (κ1) is 16.3. The van der Waals surface area contributed by atoms with Crippen molar-refractivity contribution in [2.75, 3.05) is 7.11 Å². The summed E-state index contributed by atoms with van der Waals surface area (Å²) in [4.78, 5) is 15.5. The number of aromatic nitrogens is 1. The molecule has 0 fully saturated rings. The number of aromatic amines is 1. The Kier molecular flexibility index (Phi) is 4.66. The first-order valence-electron chi connectivity index (χ1n) is 7.34. The van der Waals surface area contributed by atoms with Gasteiger partial charge in [-0.2, -0.15) is 5.10 Å². The fourth-order valence-electron chi connectivity index (χ4n) is 2.49. The summed E-state index contributed by atoms with van der Waals surface area (Å²) in [6, 6.07) is 13.1. The van der Waals surface area contributed by atoms with Crippen LogP contribution in [-0.4, -0.2) is 24.2 Å². The zero-order valence-electron chi connectivity index (χ0n) is 13.3. The summed E-state index contributed by atoms with van der Waals surface area (Å²) in [5.74, 6) is 0.386. The van der Waals surface area contributed by atoms with Crippen LogP contribution in [0.4, 0.5) is 0 Å². The van der Waals surface area contributed by atoms with Crippen molar-refractivity contribution in [1.82, 2.24) is 10.4 Å². The van der Waals surface area contributed by atoms with Crippen molar-refractivity contribution in [3.8, 4) is 5.75 Å². The highest BCUT2D eigenvalue weighted by Gasteiger charge is 2.09. The Morgan fingerprint density at radius 3 is 2.83 bits per heavy atom. The lowest BCUT2D eigenvalue weighted by atomic mass is 10.1.